The zero-order chi connectivity index (χ0) is 54.1. The highest BCUT2D eigenvalue weighted by atomic mass is 31.2. The number of hydrogen-bond acceptors (Lipinski definition) is 10. The number of esters is 3. The minimum absolute atomic E-state index is 0.149. The van der Waals surface area contributed by atoms with Crippen LogP contribution < -0.4 is 0 Å². The van der Waals surface area contributed by atoms with Gasteiger partial charge >= 0.3 is 25.7 Å². The van der Waals surface area contributed by atoms with Crippen LogP contribution in [0.1, 0.15) is 239 Å². The Kier molecular flexibility index (Phi) is 52.9. The molecule has 0 aromatic heterocycles. The van der Waals surface area contributed by atoms with Crippen molar-refractivity contribution in [3.8, 4) is 0 Å². The molecule has 0 aromatic rings. The van der Waals surface area contributed by atoms with E-state index in [0.29, 0.717) is 19.3 Å². The molecule has 0 saturated carbocycles. The van der Waals surface area contributed by atoms with Crippen molar-refractivity contribution in [2.24, 2.45) is 0 Å². The molecule has 0 spiro atoms. The molecule has 3 atom stereocenters. The Morgan fingerprint density at radius 1 is 0.392 bits per heavy atom. The van der Waals surface area contributed by atoms with E-state index in [9.17, 15) is 28.9 Å². The standard InChI is InChI=1S/C62H105O11P/c1-4-7-10-13-16-19-22-25-27-29-31-34-36-39-42-45-48-51-60(64)69-55-59(73-62(66)53-50-47-44-41-38-35-32-30-28-26-23-20-17-14-11-8-5-2)57-71-74(67,68)70-56-58(54-63)72-61(65)52-49-46-43-40-37-33-24-21-18-15-12-9-6-3/h7-8,10-12,15-17,19-21,24-28,58-59,63H,4-6,9,13-14,18,22-23,29-57H2,1-3H3,(H,67,68)/b10-7-,11-8-,15-12-,19-16-,20-17-,24-21-,27-25-,28-26-. The Morgan fingerprint density at radius 2 is 0.703 bits per heavy atom. The van der Waals surface area contributed by atoms with E-state index < -0.39 is 57.8 Å². The number of phosphoric ester groups is 1. The van der Waals surface area contributed by atoms with E-state index in [-0.39, 0.29) is 25.9 Å². The van der Waals surface area contributed by atoms with Gasteiger partial charge in [-0.25, -0.2) is 4.57 Å². The summed E-state index contributed by atoms with van der Waals surface area (Å²) in [4.78, 5) is 48.6. The lowest BCUT2D eigenvalue weighted by Crippen LogP contribution is -2.30. The molecule has 11 nitrogen and oxygen atoms in total. The summed E-state index contributed by atoms with van der Waals surface area (Å²) in [7, 11) is -4.76. The molecule has 0 aliphatic carbocycles. The summed E-state index contributed by atoms with van der Waals surface area (Å²) in [5.74, 6) is -1.50. The molecule has 0 aromatic carbocycles. The van der Waals surface area contributed by atoms with Crippen LogP contribution in [-0.2, 0) is 42.2 Å². The third-order valence-electron chi connectivity index (χ3n) is 12.0. The van der Waals surface area contributed by atoms with Crippen LogP contribution in [0.15, 0.2) is 97.2 Å². The van der Waals surface area contributed by atoms with E-state index in [1.54, 1.807) is 0 Å². The highest BCUT2D eigenvalue weighted by Gasteiger charge is 2.28. The summed E-state index contributed by atoms with van der Waals surface area (Å²) in [5, 5.41) is 9.81. The van der Waals surface area contributed by atoms with Crippen LogP contribution >= 0.6 is 7.82 Å². The first-order valence-electron chi connectivity index (χ1n) is 29.1. The first kappa shape index (κ1) is 70.4. The quantitative estimate of drug-likeness (QED) is 0.0197. The summed E-state index contributed by atoms with van der Waals surface area (Å²) in [6.07, 6.45) is 65.0. The van der Waals surface area contributed by atoms with Crippen molar-refractivity contribution in [3.05, 3.63) is 97.2 Å². The van der Waals surface area contributed by atoms with Gasteiger partial charge in [-0.05, 0) is 109 Å². The number of carbonyl (C=O) groups excluding carboxylic acids is 3. The summed E-state index contributed by atoms with van der Waals surface area (Å²) in [5.41, 5.74) is 0. The molecule has 0 heterocycles. The van der Waals surface area contributed by atoms with Gasteiger partial charge in [-0.15, -0.1) is 0 Å². The molecule has 0 rings (SSSR count). The molecule has 0 fully saturated rings. The summed E-state index contributed by atoms with van der Waals surface area (Å²) in [6.45, 7) is 4.32. The lowest BCUT2D eigenvalue weighted by atomic mass is 10.1. The highest BCUT2D eigenvalue weighted by Crippen LogP contribution is 2.43. The Morgan fingerprint density at radius 3 is 1.08 bits per heavy atom. The molecule has 0 aliphatic rings. The van der Waals surface area contributed by atoms with Crippen LogP contribution in [0.5, 0.6) is 0 Å². The maximum Gasteiger partial charge on any atom is 0.472 e. The minimum Gasteiger partial charge on any atom is -0.462 e. The van der Waals surface area contributed by atoms with Crippen molar-refractivity contribution in [2.45, 2.75) is 251 Å². The number of rotatable bonds is 53. The molecule has 74 heavy (non-hydrogen) atoms. The maximum absolute atomic E-state index is 12.9. The van der Waals surface area contributed by atoms with Gasteiger partial charge in [0.1, 0.15) is 12.7 Å². The number of hydrogen-bond donors (Lipinski definition) is 2. The van der Waals surface area contributed by atoms with Crippen molar-refractivity contribution in [1.29, 1.82) is 0 Å². The molecule has 424 valence electrons. The number of unbranched alkanes of at least 4 members (excludes halogenated alkanes) is 20. The van der Waals surface area contributed by atoms with Crippen LogP contribution in [0.4, 0.5) is 0 Å². The lowest BCUT2D eigenvalue weighted by Gasteiger charge is -2.21. The Labute approximate surface area is 451 Å². The Hall–Kier alpha value is -3.60. The van der Waals surface area contributed by atoms with Crippen molar-refractivity contribution in [3.63, 3.8) is 0 Å². The molecular weight excluding hydrogens is 952 g/mol. The van der Waals surface area contributed by atoms with E-state index in [0.717, 1.165) is 161 Å². The SMILES string of the molecule is CC/C=C\C/C=C\C/C=C\CCCCCCCCCC(=O)OCC(COP(=O)(O)OCC(CO)OC(=O)CCCCCCC/C=C\C/C=C\CCC)OC(=O)CCCCCCCCC/C=C\C/C=C\C/C=C\CC. The molecule has 0 bridgehead atoms. The first-order valence-corrected chi connectivity index (χ1v) is 30.6. The lowest BCUT2D eigenvalue weighted by molar-refractivity contribution is -0.161. The van der Waals surface area contributed by atoms with E-state index >= 15 is 0 Å². The summed E-state index contributed by atoms with van der Waals surface area (Å²) >= 11 is 0. The predicted molar refractivity (Wildman–Crippen MR) is 307 cm³/mol. The van der Waals surface area contributed by atoms with Crippen LogP contribution in [0.3, 0.4) is 0 Å². The van der Waals surface area contributed by atoms with Gasteiger partial charge in [0.15, 0.2) is 6.10 Å². The summed E-state index contributed by atoms with van der Waals surface area (Å²) < 4.78 is 39.5. The van der Waals surface area contributed by atoms with Gasteiger partial charge in [-0.3, -0.25) is 23.4 Å². The average Bonchev–Trinajstić information content (AvgIpc) is 3.39. The van der Waals surface area contributed by atoms with Gasteiger partial charge in [0.25, 0.3) is 0 Å². The smallest absolute Gasteiger partial charge is 0.462 e. The monoisotopic (exact) mass is 1060 g/mol. The number of allylic oxidation sites excluding steroid dienone is 16. The van der Waals surface area contributed by atoms with Gasteiger partial charge < -0.3 is 24.2 Å². The van der Waals surface area contributed by atoms with Crippen LogP contribution in [-0.4, -0.2) is 66.5 Å². The maximum atomic E-state index is 12.9. The van der Waals surface area contributed by atoms with Crippen molar-refractivity contribution in [1.82, 2.24) is 0 Å². The molecular formula is C62H105O11P. The second-order valence-corrected chi connectivity index (χ2v) is 20.5. The van der Waals surface area contributed by atoms with Crippen molar-refractivity contribution in [2.75, 3.05) is 26.4 Å². The van der Waals surface area contributed by atoms with E-state index in [1.807, 2.05) is 0 Å². The molecule has 3 unspecified atom stereocenters. The molecule has 2 N–H and O–H groups in total. The van der Waals surface area contributed by atoms with Crippen molar-refractivity contribution >= 4 is 25.7 Å². The second kappa shape index (κ2) is 55.6. The molecule has 0 radical (unpaired) electrons. The topological polar surface area (TPSA) is 155 Å². The van der Waals surface area contributed by atoms with Gasteiger partial charge in [-0.1, -0.05) is 208 Å². The fourth-order valence-electron chi connectivity index (χ4n) is 7.60. The Balaban J connectivity index is 4.77. The fourth-order valence-corrected chi connectivity index (χ4v) is 8.38. The van der Waals surface area contributed by atoms with Gasteiger partial charge in [0.05, 0.1) is 19.8 Å². The van der Waals surface area contributed by atoms with Crippen LogP contribution in [0.25, 0.3) is 0 Å². The number of aliphatic hydroxyl groups is 1. The number of ether oxygens (including phenoxy) is 3. The Bertz CT molecular complexity index is 1610. The molecule has 0 saturated heterocycles. The highest BCUT2D eigenvalue weighted by molar-refractivity contribution is 7.47. The zero-order valence-corrected chi connectivity index (χ0v) is 47.7. The van der Waals surface area contributed by atoms with Gasteiger partial charge in [0.2, 0.25) is 0 Å². The molecule has 0 aliphatic heterocycles. The van der Waals surface area contributed by atoms with Gasteiger partial charge in [0, 0.05) is 19.3 Å². The third kappa shape index (κ3) is 53.2. The first-order chi connectivity index (χ1) is 36.2. The van der Waals surface area contributed by atoms with Gasteiger partial charge in [-0.2, -0.15) is 0 Å². The van der Waals surface area contributed by atoms with E-state index in [4.69, 9.17) is 23.3 Å². The summed E-state index contributed by atoms with van der Waals surface area (Å²) in [6, 6.07) is 0. The normalized spacial score (nSPS) is 14.1. The van der Waals surface area contributed by atoms with Crippen LogP contribution in [0, 0.1) is 0 Å². The minimum atomic E-state index is -4.76. The number of phosphoric acid groups is 1. The largest absolute Gasteiger partial charge is 0.472 e. The van der Waals surface area contributed by atoms with E-state index in [1.165, 1.54) is 19.3 Å². The number of carbonyl (C=O) groups is 3. The molecule has 0 amide bonds. The predicted octanol–water partition coefficient (Wildman–Crippen LogP) is 17.3. The second-order valence-electron chi connectivity index (χ2n) is 19.0. The fraction of sp³-hybridized carbons (Fsp3) is 0.694. The molecule has 12 heteroatoms. The average molecular weight is 1060 g/mol. The third-order valence-corrected chi connectivity index (χ3v) is 12.9. The number of aliphatic hydroxyl groups excluding tert-OH is 1. The van der Waals surface area contributed by atoms with Crippen molar-refractivity contribution < 1.29 is 52.2 Å². The van der Waals surface area contributed by atoms with Crippen LogP contribution in [0.2, 0.25) is 0 Å². The zero-order valence-electron chi connectivity index (χ0n) is 46.8. The van der Waals surface area contributed by atoms with E-state index in [2.05, 4.69) is 118 Å².